The van der Waals surface area contributed by atoms with Crippen LogP contribution in [0.3, 0.4) is 0 Å². The first-order valence-electron chi connectivity index (χ1n) is 17.5. The zero-order valence-corrected chi connectivity index (χ0v) is 32.2. The summed E-state index contributed by atoms with van der Waals surface area (Å²) < 4.78 is 40.7. The molecule has 1 saturated heterocycles. The summed E-state index contributed by atoms with van der Waals surface area (Å²) in [5, 5.41) is 4.95. The molecule has 5 aliphatic rings. The molecule has 1 aliphatic heterocycles. The Morgan fingerprint density at radius 1 is 0.900 bits per heavy atom. The Morgan fingerprint density at radius 3 is 2.10 bits per heavy atom. The predicted molar refractivity (Wildman–Crippen MR) is 201 cm³/mol. The van der Waals surface area contributed by atoms with Crippen LogP contribution in [-0.4, -0.2) is 81.6 Å². The molecular formula is C37H53Cl2N4O6P. The molecule has 2 heterocycles. The van der Waals surface area contributed by atoms with Gasteiger partial charge >= 0.3 is 7.67 Å². The van der Waals surface area contributed by atoms with Crippen LogP contribution in [0.1, 0.15) is 56.2 Å². The Balaban J connectivity index is 0.000000162. The third-order valence-corrected chi connectivity index (χ3v) is 12.9. The number of hydrogen-bond acceptors (Lipinski definition) is 8. The molecule has 4 saturated carbocycles. The molecule has 13 heteroatoms. The van der Waals surface area contributed by atoms with Gasteiger partial charge in [0, 0.05) is 54.9 Å². The number of benzene rings is 2. The summed E-state index contributed by atoms with van der Waals surface area (Å²) in [5.74, 6) is 6.75. The highest BCUT2D eigenvalue weighted by atomic mass is 35.5. The smallest absolute Gasteiger partial charge is 0.343 e. The number of hydrogen-bond donors (Lipinski definition) is 2. The molecule has 10 nitrogen and oxygen atoms in total. The van der Waals surface area contributed by atoms with Gasteiger partial charge in [-0.15, -0.1) is 23.2 Å². The van der Waals surface area contributed by atoms with Gasteiger partial charge in [-0.1, -0.05) is 6.07 Å². The maximum Gasteiger partial charge on any atom is 0.343 e. The number of nitrogens with zero attached hydrogens (tertiary/aromatic N) is 2. The number of nitrogens with two attached hydrogens (primary N) is 1. The van der Waals surface area contributed by atoms with Crippen LogP contribution in [0.15, 0.2) is 42.6 Å². The monoisotopic (exact) mass is 750 g/mol. The van der Waals surface area contributed by atoms with Gasteiger partial charge < -0.3 is 29.2 Å². The highest BCUT2D eigenvalue weighted by Gasteiger charge is 2.48. The number of alkyl halides is 2. The van der Waals surface area contributed by atoms with Gasteiger partial charge in [-0.2, -0.15) is 0 Å². The van der Waals surface area contributed by atoms with Crippen LogP contribution in [-0.2, 0) is 15.5 Å². The van der Waals surface area contributed by atoms with Crippen LogP contribution < -0.4 is 29.8 Å². The first-order valence-corrected chi connectivity index (χ1v) is 20.2. The minimum atomic E-state index is -2.84. The molecule has 0 radical (unpaired) electrons. The third kappa shape index (κ3) is 9.57. The first kappa shape index (κ1) is 38.9. The summed E-state index contributed by atoms with van der Waals surface area (Å²) in [5.41, 5.74) is 8.67. The minimum Gasteiger partial charge on any atom is -0.493 e. The summed E-state index contributed by atoms with van der Waals surface area (Å²) in [6.45, 7) is 2.36. The standard InChI is InChI=1S/C20H21NO4.C10H17N.C7H15Cl2N2O2P/c1-22-17-6-5-13(10-18(17)23-2)9-16-15-12-20(25-4)19(24-3)11-14(15)7-8-21-16;11-10-4-7-1-8(5-10)3-9(2-7)6-10;8-2-4-10-14(12)11(6-3-9)5-1-7-13-14/h5-8,10-12H,9H2,1-4H3;7-9H,1-6,11H2;1-7H2,(H,10,12). The topological polar surface area (TPSA) is 117 Å². The van der Waals surface area contributed by atoms with Crippen LogP contribution in [0, 0.1) is 17.8 Å². The molecule has 1 unspecified atom stereocenters. The van der Waals surface area contributed by atoms with Crippen LogP contribution >= 0.6 is 30.9 Å². The van der Waals surface area contributed by atoms with E-state index in [4.69, 9.17) is 52.4 Å². The minimum absolute atomic E-state index is 0.300. The van der Waals surface area contributed by atoms with Crippen molar-refractivity contribution in [2.24, 2.45) is 23.5 Å². The van der Waals surface area contributed by atoms with Crippen molar-refractivity contribution >= 4 is 41.6 Å². The molecule has 4 bridgehead atoms. The van der Waals surface area contributed by atoms with Gasteiger partial charge in [0.05, 0.1) is 40.7 Å². The fourth-order valence-electron chi connectivity index (χ4n) is 8.38. The molecule has 4 aliphatic carbocycles. The Labute approximate surface area is 307 Å². The van der Waals surface area contributed by atoms with Crippen molar-refractivity contribution in [2.75, 3.05) is 66.4 Å². The van der Waals surface area contributed by atoms with E-state index in [-0.39, 0.29) is 0 Å². The first-order chi connectivity index (χ1) is 24.2. The second-order valence-corrected chi connectivity index (χ2v) is 16.7. The summed E-state index contributed by atoms with van der Waals surface area (Å²) >= 11 is 11.1. The highest BCUT2D eigenvalue weighted by Crippen LogP contribution is 2.54. The number of fused-ring (bicyclic) bond motifs is 1. The SMILES string of the molecule is COc1ccc(Cc2nccc3cc(OC)c(OC)cc23)cc1OC.NC12CC3CC(CC(C3)C1)C2.O=P1(NCCCl)OCCCN1CCCl. The fourth-order valence-corrected chi connectivity index (χ4v) is 10.9. The Morgan fingerprint density at radius 2 is 1.52 bits per heavy atom. The van der Waals surface area contributed by atoms with Crippen LogP contribution in [0.2, 0.25) is 0 Å². The van der Waals surface area contributed by atoms with Gasteiger partial charge in [-0.3, -0.25) is 9.55 Å². The average Bonchev–Trinajstić information content (AvgIpc) is 3.11. The average molecular weight is 752 g/mol. The molecule has 0 spiro atoms. The van der Waals surface area contributed by atoms with Gasteiger partial charge in [-0.25, -0.2) is 9.76 Å². The molecule has 276 valence electrons. The number of aromatic nitrogens is 1. The zero-order chi connectivity index (χ0) is 35.7. The molecule has 2 aromatic carbocycles. The molecule has 0 amide bonds. The number of pyridine rings is 1. The van der Waals surface area contributed by atoms with Crippen molar-refractivity contribution in [1.29, 1.82) is 0 Å². The van der Waals surface area contributed by atoms with Crippen molar-refractivity contribution in [3.8, 4) is 23.0 Å². The van der Waals surface area contributed by atoms with E-state index < -0.39 is 7.67 Å². The van der Waals surface area contributed by atoms with E-state index in [1.807, 2.05) is 42.6 Å². The summed E-state index contributed by atoms with van der Waals surface area (Å²) in [6.07, 6.45) is 11.9. The molecular weight excluding hydrogens is 698 g/mol. The van der Waals surface area contributed by atoms with Crippen molar-refractivity contribution < 1.29 is 28.0 Å². The lowest BCUT2D eigenvalue weighted by Crippen LogP contribution is -2.55. The molecule has 1 atom stereocenters. The Hall–Kier alpha value is -2.30. The molecule has 5 fully saturated rings. The Kier molecular flexibility index (Phi) is 14.0. The van der Waals surface area contributed by atoms with Gasteiger partial charge in [-0.05, 0) is 104 Å². The summed E-state index contributed by atoms with van der Waals surface area (Å²) in [7, 11) is 3.69. The van der Waals surface area contributed by atoms with E-state index in [0.29, 0.717) is 66.4 Å². The van der Waals surface area contributed by atoms with Crippen LogP contribution in [0.5, 0.6) is 23.0 Å². The Bertz CT molecular complexity index is 1580. The third-order valence-electron chi connectivity index (χ3n) is 10.2. The summed E-state index contributed by atoms with van der Waals surface area (Å²) in [6, 6.07) is 11.8. The summed E-state index contributed by atoms with van der Waals surface area (Å²) in [4.78, 5) is 4.56. The van der Waals surface area contributed by atoms with Gasteiger partial charge in [0.2, 0.25) is 0 Å². The quantitative estimate of drug-likeness (QED) is 0.149. The lowest BCUT2D eigenvalue weighted by Gasteiger charge is -2.55. The second-order valence-electron chi connectivity index (χ2n) is 13.8. The maximum absolute atomic E-state index is 12.2. The molecule has 8 rings (SSSR count). The number of ether oxygens (including phenoxy) is 4. The van der Waals surface area contributed by atoms with E-state index in [1.54, 1.807) is 33.1 Å². The second kappa shape index (κ2) is 18.0. The van der Waals surface area contributed by atoms with E-state index in [1.165, 1.54) is 38.5 Å². The predicted octanol–water partition coefficient (Wildman–Crippen LogP) is 7.66. The number of nitrogens with one attached hydrogen (secondary N) is 1. The molecule has 50 heavy (non-hydrogen) atoms. The van der Waals surface area contributed by atoms with Crippen molar-refractivity contribution in [1.82, 2.24) is 14.7 Å². The normalized spacial score (nSPS) is 26.7. The maximum atomic E-state index is 12.2. The van der Waals surface area contributed by atoms with E-state index >= 15 is 0 Å². The molecule has 3 N–H and O–H groups in total. The van der Waals surface area contributed by atoms with Crippen molar-refractivity contribution in [3.63, 3.8) is 0 Å². The highest BCUT2D eigenvalue weighted by molar-refractivity contribution is 7.54. The van der Waals surface area contributed by atoms with Crippen molar-refractivity contribution in [3.05, 3.63) is 53.9 Å². The van der Waals surface area contributed by atoms with Crippen molar-refractivity contribution in [2.45, 2.75) is 56.9 Å². The van der Waals surface area contributed by atoms with E-state index in [2.05, 4.69) is 10.1 Å². The molecule has 3 aromatic rings. The zero-order valence-electron chi connectivity index (χ0n) is 29.8. The largest absolute Gasteiger partial charge is 0.493 e. The van der Waals surface area contributed by atoms with E-state index in [9.17, 15) is 4.57 Å². The number of methoxy groups -OCH3 is 4. The van der Waals surface area contributed by atoms with Gasteiger partial charge in [0.1, 0.15) is 0 Å². The van der Waals surface area contributed by atoms with Crippen LogP contribution in [0.25, 0.3) is 10.8 Å². The van der Waals surface area contributed by atoms with Gasteiger partial charge in [0.25, 0.3) is 0 Å². The number of halogens is 2. The lowest BCUT2D eigenvalue weighted by atomic mass is 9.53. The van der Waals surface area contributed by atoms with E-state index in [0.717, 1.165) is 52.7 Å². The number of rotatable bonds is 11. The van der Waals surface area contributed by atoms with Gasteiger partial charge in [0.15, 0.2) is 23.0 Å². The lowest BCUT2D eigenvalue weighted by molar-refractivity contribution is 0.000363. The van der Waals surface area contributed by atoms with Crippen LogP contribution in [0.4, 0.5) is 0 Å². The fraction of sp³-hybridized carbons (Fsp3) is 0.595. The molecule has 1 aromatic heterocycles.